The molecule has 0 saturated heterocycles. The number of hydrogen-bond donors (Lipinski definition) is 2. The van der Waals surface area contributed by atoms with Gasteiger partial charge in [-0.25, -0.2) is 14.4 Å². The molecule has 7 nitrogen and oxygen atoms in total. The topological polar surface area (TPSA) is 75.1 Å². The number of carbonyl (C=O) groups excluding carboxylic acids is 1. The summed E-state index contributed by atoms with van der Waals surface area (Å²) >= 11 is 1.64. The van der Waals surface area contributed by atoms with E-state index in [0.29, 0.717) is 32.1 Å². The van der Waals surface area contributed by atoms with Crippen molar-refractivity contribution in [2.24, 2.45) is 5.92 Å². The lowest BCUT2D eigenvalue weighted by Gasteiger charge is -2.26. The smallest absolute Gasteiger partial charge is 0.246 e. The van der Waals surface area contributed by atoms with Crippen LogP contribution in [0.1, 0.15) is 29.9 Å². The first-order valence-electron chi connectivity index (χ1n) is 14.0. The van der Waals surface area contributed by atoms with Gasteiger partial charge in [0.25, 0.3) is 0 Å². The summed E-state index contributed by atoms with van der Waals surface area (Å²) in [7, 11) is 0. The molecular formula is C32H33FN6OS. The molecular weight excluding hydrogens is 535 g/mol. The van der Waals surface area contributed by atoms with Gasteiger partial charge in [-0.3, -0.25) is 4.79 Å². The molecule has 0 saturated carbocycles. The maximum absolute atomic E-state index is 13.7. The van der Waals surface area contributed by atoms with Crippen molar-refractivity contribution in [2.75, 3.05) is 25.0 Å². The number of thiophene rings is 1. The van der Waals surface area contributed by atoms with E-state index in [0.717, 1.165) is 51.2 Å². The van der Waals surface area contributed by atoms with Gasteiger partial charge in [-0.05, 0) is 66.4 Å². The normalized spacial score (nSPS) is 13.5. The Morgan fingerprint density at radius 1 is 1.17 bits per heavy atom. The molecule has 4 heterocycles. The van der Waals surface area contributed by atoms with Crippen LogP contribution in [-0.2, 0) is 24.3 Å². The van der Waals surface area contributed by atoms with Gasteiger partial charge in [0.1, 0.15) is 22.8 Å². The zero-order chi connectivity index (χ0) is 28.3. The average molecular weight is 569 g/mol. The second kappa shape index (κ2) is 11.8. The Bertz CT molecular complexity index is 1740. The summed E-state index contributed by atoms with van der Waals surface area (Å²) in [5.41, 5.74) is 4.16. The summed E-state index contributed by atoms with van der Waals surface area (Å²) < 4.78 is 15.8. The van der Waals surface area contributed by atoms with E-state index in [-0.39, 0.29) is 11.7 Å². The molecule has 41 heavy (non-hydrogen) atoms. The number of hydrogen-bond acceptors (Lipinski definition) is 6. The lowest BCUT2D eigenvalue weighted by atomic mass is 10.0. The third-order valence-electron chi connectivity index (χ3n) is 7.30. The zero-order valence-electron chi connectivity index (χ0n) is 23.2. The van der Waals surface area contributed by atoms with Gasteiger partial charge in [-0.2, -0.15) is 0 Å². The molecule has 210 valence electrons. The lowest BCUT2D eigenvalue weighted by Crippen LogP contribution is -2.34. The lowest BCUT2D eigenvalue weighted by molar-refractivity contribution is -0.126. The number of carbonyl (C=O) groups is 1. The van der Waals surface area contributed by atoms with Crippen LogP contribution in [0, 0.1) is 11.7 Å². The Hall–Kier alpha value is -4.08. The van der Waals surface area contributed by atoms with Crippen molar-refractivity contribution in [3.8, 4) is 0 Å². The van der Waals surface area contributed by atoms with Crippen molar-refractivity contribution in [1.82, 2.24) is 24.8 Å². The Balaban J connectivity index is 1.18. The highest BCUT2D eigenvalue weighted by atomic mass is 32.1. The summed E-state index contributed by atoms with van der Waals surface area (Å²) in [6.07, 6.45) is 7.98. The molecule has 2 aromatic carbocycles. The fourth-order valence-electron chi connectivity index (χ4n) is 5.32. The highest BCUT2D eigenvalue weighted by Gasteiger charge is 2.25. The Morgan fingerprint density at radius 3 is 2.93 bits per heavy atom. The standard InChI is InChI=1S/C32H33FN6OS/c1-21(2)17-34-12-4-7-29(40)39-14-11-26-28(19-39)41-32-30(26)31(35-20-36-32)37-25-8-9-27-23(16-25)10-13-38(27)18-22-5-3-6-24(33)15-22/h3-10,13,15-16,20-21,34H,11-12,14,17-19H2,1-2H3,(H,35,36,37)/b7-4+. The zero-order valence-corrected chi connectivity index (χ0v) is 24.0. The van der Waals surface area contributed by atoms with Crippen LogP contribution in [0.4, 0.5) is 15.9 Å². The quantitative estimate of drug-likeness (QED) is 0.162. The number of rotatable bonds is 9. The van der Waals surface area contributed by atoms with Crippen molar-refractivity contribution < 1.29 is 9.18 Å². The van der Waals surface area contributed by atoms with E-state index in [1.54, 1.807) is 35.9 Å². The van der Waals surface area contributed by atoms with Crippen molar-refractivity contribution in [3.05, 3.63) is 95.0 Å². The largest absolute Gasteiger partial charge is 0.343 e. The van der Waals surface area contributed by atoms with Crippen LogP contribution >= 0.6 is 11.3 Å². The first kappa shape index (κ1) is 27.1. The molecule has 6 rings (SSSR count). The highest BCUT2D eigenvalue weighted by molar-refractivity contribution is 7.19. The minimum Gasteiger partial charge on any atom is -0.343 e. The van der Waals surface area contributed by atoms with Crippen LogP contribution in [0.5, 0.6) is 0 Å². The molecule has 2 N–H and O–H groups in total. The maximum atomic E-state index is 13.7. The van der Waals surface area contributed by atoms with Crippen LogP contribution in [0.3, 0.4) is 0 Å². The molecule has 0 fully saturated rings. The Kier molecular flexibility index (Phi) is 7.80. The van der Waals surface area contributed by atoms with Crippen LogP contribution in [0.25, 0.3) is 21.1 Å². The third kappa shape index (κ3) is 6.01. The summed E-state index contributed by atoms with van der Waals surface area (Å²) in [6, 6.07) is 15.0. The van der Waals surface area contributed by atoms with Gasteiger partial charge >= 0.3 is 0 Å². The molecule has 0 radical (unpaired) electrons. The summed E-state index contributed by atoms with van der Waals surface area (Å²) in [4.78, 5) is 26.0. The van der Waals surface area contributed by atoms with Gasteiger partial charge in [0.15, 0.2) is 0 Å². The number of halogens is 1. The van der Waals surface area contributed by atoms with E-state index < -0.39 is 0 Å². The summed E-state index contributed by atoms with van der Waals surface area (Å²) in [5, 5.41) is 8.98. The molecule has 0 bridgehead atoms. The fourth-order valence-corrected chi connectivity index (χ4v) is 6.52. The van der Waals surface area contributed by atoms with Crippen molar-refractivity contribution in [3.63, 3.8) is 0 Å². The first-order valence-corrected chi connectivity index (χ1v) is 14.8. The third-order valence-corrected chi connectivity index (χ3v) is 8.42. The maximum Gasteiger partial charge on any atom is 0.246 e. The minimum absolute atomic E-state index is 0.0431. The van der Waals surface area contributed by atoms with Crippen LogP contribution in [-0.4, -0.2) is 45.0 Å². The number of anilines is 2. The van der Waals surface area contributed by atoms with Crippen LogP contribution in [0.2, 0.25) is 0 Å². The van der Waals surface area contributed by atoms with Crippen molar-refractivity contribution >= 4 is 49.9 Å². The molecule has 1 amide bonds. The SMILES string of the molecule is CC(C)CNC/C=C/C(=O)N1CCc2c(sc3ncnc(Nc4ccc5c(ccn5Cc5cccc(F)c5)c4)c23)C1. The van der Waals surface area contributed by atoms with Crippen molar-refractivity contribution in [1.29, 1.82) is 0 Å². The van der Waals surface area contributed by atoms with E-state index >= 15 is 0 Å². The molecule has 0 aliphatic carbocycles. The number of nitrogens with one attached hydrogen (secondary N) is 2. The average Bonchev–Trinajstić information content (AvgIpc) is 3.53. The van der Waals surface area contributed by atoms with Gasteiger partial charge in [0.2, 0.25) is 5.91 Å². The van der Waals surface area contributed by atoms with E-state index in [4.69, 9.17) is 0 Å². The predicted molar refractivity (Wildman–Crippen MR) is 164 cm³/mol. The molecule has 5 aromatic rings. The molecule has 1 aliphatic heterocycles. The molecule has 9 heteroatoms. The monoisotopic (exact) mass is 568 g/mol. The predicted octanol–water partition coefficient (Wildman–Crippen LogP) is 6.26. The number of aromatic nitrogens is 3. The number of fused-ring (bicyclic) bond motifs is 4. The van der Waals surface area contributed by atoms with E-state index in [2.05, 4.69) is 57.2 Å². The summed E-state index contributed by atoms with van der Waals surface area (Å²) in [5.74, 6) is 1.18. The molecule has 0 spiro atoms. The Labute approximate surface area is 242 Å². The van der Waals surface area contributed by atoms with E-state index in [1.165, 1.54) is 16.5 Å². The molecule has 1 aliphatic rings. The molecule has 0 atom stereocenters. The highest BCUT2D eigenvalue weighted by Crippen LogP contribution is 2.38. The fraction of sp³-hybridized carbons (Fsp3) is 0.281. The van der Waals surface area contributed by atoms with Crippen LogP contribution in [0.15, 0.2) is 73.2 Å². The summed E-state index contributed by atoms with van der Waals surface area (Å²) in [6.45, 7) is 7.81. The van der Waals surface area contributed by atoms with Crippen molar-refractivity contribution in [2.45, 2.75) is 33.4 Å². The Morgan fingerprint density at radius 2 is 2.07 bits per heavy atom. The minimum atomic E-state index is -0.224. The van der Waals surface area contributed by atoms with Gasteiger partial charge in [0.05, 0.1) is 11.9 Å². The van der Waals surface area contributed by atoms with Gasteiger partial charge in [-0.15, -0.1) is 11.3 Å². The van der Waals surface area contributed by atoms with Crippen LogP contribution < -0.4 is 10.6 Å². The molecule has 3 aromatic heterocycles. The van der Waals surface area contributed by atoms with Gasteiger partial charge < -0.3 is 20.1 Å². The number of benzene rings is 2. The van der Waals surface area contributed by atoms with E-state index in [1.807, 2.05) is 29.3 Å². The second-order valence-corrected chi connectivity index (χ2v) is 11.9. The number of nitrogens with zero attached hydrogens (tertiary/aromatic N) is 4. The number of amides is 1. The van der Waals surface area contributed by atoms with Gasteiger partial charge in [0, 0.05) is 53.4 Å². The second-order valence-electron chi connectivity index (χ2n) is 10.8. The molecule has 0 unspecified atom stereocenters. The first-order chi connectivity index (χ1) is 19.9. The van der Waals surface area contributed by atoms with E-state index in [9.17, 15) is 9.18 Å². The van der Waals surface area contributed by atoms with Gasteiger partial charge in [-0.1, -0.05) is 32.1 Å².